The number of carbonyl (C=O) groups is 1. The fourth-order valence-corrected chi connectivity index (χ4v) is 2.13. The predicted octanol–water partition coefficient (Wildman–Crippen LogP) is 4.66. The molecule has 0 aliphatic carbocycles. The summed E-state index contributed by atoms with van der Waals surface area (Å²) in [5.41, 5.74) is 0.474. The summed E-state index contributed by atoms with van der Waals surface area (Å²) < 4.78 is 13.8. The lowest BCUT2D eigenvalue weighted by atomic mass is 10.1. The van der Waals surface area contributed by atoms with Gasteiger partial charge in [-0.2, -0.15) is 0 Å². The number of aromatic nitrogens is 1. The first kappa shape index (κ1) is 13.3. The van der Waals surface area contributed by atoms with Crippen molar-refractivity contribution in [2.24, 2.45) is 0 Å². The number of nitrogens with zero attached hydrogens (tertiary/aromatic N) is 1. The lowest BCUT2D eigenvalue weighted by Gasteiger charge is -2.07. The Morgan fingerprint density at radius 3 is 2.44 bits per heavy atom. The van der Waals surface area contributed by atoms with Gasteiger partial charge in [0.1, 0.15) is 5.82 Å². The largest absolute Gasteiger partial charge is 0.298 e. The summed E-state index contributed by atoms with van der Waals surface area (Å²) in [6, 6.07) is 3.79. The molecule has 0 bridgehead atoms. The molecule has 0 aliphatic rings. The molecule has 0 aliphatic heterocycles. The molecule has 0 spiro atoms. The van der Waals surface area contributed by atoms with Crippen LogP contribution < -0.4 is 0 Å². The summed E-state index contributed by atoms with van der Waals surface area (Å²) in [5.74, 6) is -0.609. The summed E-state index contributed by atoms with van der Waals surface area (Å²) in [5, 5.41) is 0.575. The summed E-state index contributed by atoms with van der Waals surface area (Å²) in [4.78, 5) is 14.7. The number of halogens is 4. The Bertz CT molecular complexity index is 631. The molecule has 6 heteroatoms. The molecule has 0 fully saturated rings. The first-order chi connectivity index (χ1) is 8.52. The van der Waals surface area contributed by atoms with Crippen molar-refractivity contribution in [2.45, 2.75) is 0 Å². The fourth-order valence-electron chi connectivity index (χ4n) is 1.45. The van der Waals surface area contributed by atoms with Gasteiger partial charge in [-0.05, 0) is 18.2 Å². The minimum Gasteiger partial charge on any atom is -0.298 e. The average molecular weight is 305 g/mol. The second-order valence-corrected chi connectivity index (χ2v) is 4.71. The quantitative estimate of drug-likeness (QED) is 0.755. The molecule has 1 aromatic heterocycles. The van der Waals surface area contributed by atoms with Crippen molar-refractivity contribution in [3.63, 3.8) is 0 Å². The highest BCUT2D eigenvalue weighted by Gasteiger charge is 2.14. The molecule has 0 N–H and O–H groups in total. The molecule has 0 saturated carbocycles. The van der Waals surface area contributed by atoms with E-state index in [1.165, 1.54) is 18.3 Å². The van der Waals surface area contributed by atoms with Crippen LogP contribution in [0.5, 0.6) is 0 Å². The Balaban J connectivity index is 2.66. The van der Waals surface area contributed by atoms with Gasteiger partial charge in [-0.1, -0.05) is 34.8 Å². The van der Waals surface area contributed by atoms with E-state index in [1.54, 1.807) is 0 Å². The van der Waals surface area contributed by atoms with Crippen LogP contribution in [-0.4, -0.2) is 11.3 Å². The Kier molecular flexibility index (Phi) is 3.85. The Morgan fingerprint density at radius 1 is 1.11 bits per heavy atom. The maximum atomic E-state index is 13.8. The standard InChI is InChI=1S/C12H5Cl3FNO/c13-7-2-10(15)12(17-4-7)8-1-6(5-18)9(14)3-11(8)16/h1-5H. The van der Waals surface area contributed by atoms with Gasteiger partial charge >= 0.3 is 0 Å². The minimum atomic E-state index is -0.609. The summed E-state index contributed by atoms with van der Waals surface area (Å²) in [7, 11) is 0. The lowest BCUT2D eigenvalue weighted by molar-refractivity contribution is 0.112. The molecule has 0 amide bonds. The fraction of sp³-hybridized carbons (Fsp3) is 0. The van der Waals surface area contributed by atoms with Crippen LogP contribution in [0.25, 0.3) is 11.3 Å². The van der Waals surface area contributed by atoms with Crippen LogP contribution in [0.15, 0.2) is 24.4 Å². The summed E-state index contributed by atoms with van der Waals surface area (Å²) >= 11 is 17.4. The number of pyridine rings is 1. The first-order valence-corrected chi connectivity index (χ1v) is 5.92. The molecule has 0 saturated heterocycles. The van der Waals surface area contributed by atoms with Crippen LogP contribution in [0.1, 0.15) is 10.4 Å². The van der Waals surface area contributed by atoms with Crippen LogP contribution in [-0.2, 0) is 0 Å². The van der Waals surface area contributed by atoms with E-state index in [9.17, 15) is 9.18 Å². The summed E-state index contributed by atoms with van der Waals surface area (Å²) in [6.45, 7) is 0. The second kappa shape index (κ2) is 5.22. The number of aldehydes is 1. The number of hydrogen-bond acceptors (Lipinski definition) is 2. The highest BCUT2D eigenvalue weighted by molar-refractivity contribution is 6.36. The van der Waals surface area contributed by atoms with E-state index in [-0.39, 0.29) is 26.9 Å². The van der Waals surface area contributed by atoms with Crippen molar-refractivity contribution in [2.75, 3.05) is 0 Å². The third-order valence-electron chi connectivity index (χ3n) is 2.28. The Labute approximate surface area is 117 Å². The van der Waals surface area contributed by atoms with Crippen LogP contribution in [0.3, 0.4) is 0 Å². The van der Waals surface area contributed by atoms with Crippen molar-refractivity contribution in [1.82, 2.24) is 4.98 Å². The van der Waals surface area contributed by atoms with Crippen molar-refractivity contribution in [3.8, 4) is 11.3 Å². The molecule has 2 rings (SSSR count). The third kappa shape index (κ3) is 2.48. The molecule has 1 heterocycles. The van der Waals surface area contributed by atoms with E-state index in [4.69, 9.17) is 34.8 Å². The minimum absolute atomic E-state index is 0.0383. The van der Waals surface area contributed by atoms with Gasteiger partial charge in [0.05, 0.1) is 20.8 Å². The molecule has 0 unspecified atom stereocenters. The number of benzene rings is 1. The number of rotatable bonds is 2. The predicted molar refractivity (Wildman–Crippen MR) is 70.0 cm³/mol. The second-order valence-electron chi connectivity index (χ2n) is 3.46. The molecular weight excluding hydrogens is 299 g/mol. The van der Waals surface area contributed by atoms with Crippen molar-refractivity contribution >= 4 is 41.1 Å². The van der Waals surface area contributed by atoms with Crippen LogP contribution >= 0.6 is 34.8 Å². The third-order valence-corrected chi connectivity index (χ3v) is 3.10. The number of hydrogen-bond donors (Lipinski definition) is 0. The maximum absolute atomic E-state index is 13.8. The van der Waals surface area contributed by atoms with Gasteiger partial charge in [-0.25, -0.2) is 4.39 Å². The van der Waals surface area contributed by atoms with E-state index in [2.05, 4.69) is 4.98 Å². The molecule has 92 valence electrons. The maximum Gasteiger partial charge on any atom is 0.151 e. The molecule has 1 aromatic carbocycles. The highest BCUT2D eigenvalue weighted by atomic mass is 35.5. The zero-order valence-corrected chi connectivity index (χ0v) is 11.0. The van der Waals surface area contributed by atoms with E-state index in [1.807, 2.05) is 0 Å². The zero-order valence-electron chi connectivity index (χ0n) is 8.75. The smallest absolute Gasteiger partial charge is 0.151 e. The Morgan fingerprint density at radius 2 is 1.83 bits per heavy atom. The molecule has 0 radical (unpaired) electrons. The van der Waals surface area contributed by atoms with Crippen LogP contribution in [0.4, 0.5) is 4.39 Å². The van der Waals surface area contributed by atoms with Gasteiger partial charge in [0.25, 0.3) is 0 Å². The van der Waals surface area contributed by atoms with Crippen molar-refractivity contribution in [3.05, 3.63) is 50.8 Å². The van der Waals surface area contributed by atoms with Gasteiger partial charge in [0, 0.05) is 17.3 Å². The molecular formula is C12H5Cl3FNO. The van der Waals surface area contributed by atoms with Crippen LogP contribution in [0.2, 0.25) is 15.1 Å². The van der Waals surface area contributed by atoms with Crippen LogP contribution in [0, 0.1) is 5.82 Å². The monoisotopic (exact) mass is 303 g/mol. The zero-order chi connectivity index (χ0) is 13.3. The highest BCUT2D eigenvalue weighted by Crippen LogP contribution is 2.32. The molecule has 0 atom stereocenters. The molecule has 18 heavy (non-hydrogen) atoms. The number of carbonyl (C=O) groups excluding carboxylic acids is 1. The molecule has 2 nitrogen and oxygen atoms in total. The van der Waals surface area contributed by atoms with Gasteiger partial charge in [-0.15, -0.1) is 0 Å². The summed E-state index contributed by atoms with van der Waals surface area (Å²) in [6.07, 6.45) is 1.88. The average Bonchev–Trinajstić information content (AvgIpc) is 2.30. The van der Waals surface area contributed by atoms with Gasteiger partial charge in [0.2, 0.25) is 0 Å². The van der Waals surface area contributed by atoms with Crippen molar-refractivity contribution < 1.29 is 9.18 Å². The first-order valence-electron chi connectivity index (χ1n) is 4.78. The van der Waals surface area contributed by atoms with E-state index >= 15 is 0 Å². The normalized spacial score (nSPS) is 10.4. The van der Waals surface area contributed by atoms with Crippen molar-refractivity contribution in [1.29, 1.82) is 0 Å². The van der Waals surface area contributed by atoms with E-state index in [0.717, 1.165) is 6.07 Å². The van der Waals surface area contributed by atoms with Gasteiger partial charge in [0.15, 0.2) is 6.29 Å². The van der Waals surface area contributed by atoms with E-state index in [0.29, 0.717) is 11.3 Å². The van der Waals surface area contributed by atoms with Gasteiger partial charge < -0.3 is 0 Å². The molecule has 2 aromatic rings. The SMILES string of the molecule is O=Cc1cc(-c2ncc(Cl)cc2Cl)c(F)cc1Cl. The Hall–Kier alpha value is -1.16. The lowest BCUT2D eigenvalue weighted by Crippen LogP contribution is -1.93. The topological polar surface area (TPSA) is 30.0 Å². The van der Waals surface area contributed by atoms with E-state index < -0.39 is 5.82 Å². The van der Waals surface area contributed by atoms with Gasteiger partial charge in [-0.3, -0.25) is 9.78 Å².